The van der Waals surface area contributed by atoms with Crippen molar-refractivity contribution in [1.29, 1.82) is 0 Å². The molecule has 1 heterocycles. The highest BCUT2D eigenvalue weighted by atomic mass is 32.2. The van der Waals surface area contributed by atoms with Crippen molar-refractivity contribution >= 4 is 44.8 Å². The summed E-state index contributed by atoms with van der Waals surface area (Å²) in [6, 6.07) is 10.7. The van der Waals surface area contributed by atoms with Gasteiger partial charge in [-0.15, -0.1) is 0 Å². The maximum Gasteiger partial charge on any atom is 0.256 e. The van der Waals surface area contributed by atoms with Gasteiger partial charge in [0.05, 0.1) is 17.4 Å². The van der Waals surface area contributed by atoms with E-state index in [4.69, 9.17) is 5.73 Å². The average molecular weight is 430 g/mol. The first-order chi connectivity index (χ1) is 14.1. The van der Waals surface area contributed by atoms with Crippen LogP contribution in [-0.4, -0.2) is 38.9 Å². The number of rotatable bonds is 6. The monoisotopic (exact) mass is 430 g/mol. The molecule has 0 saturated carbocycles. The molecule has 9 nitrogen and oxygen atoms in total. The molecular formula is C20H22N4O5S. The van der Waals surface area contributed by atoms with Crippen LogP contribution >= 0.6 is 0 Å². The number of anilines is 3. The van der Waals surface area contributed by atoms with Crippen molar-refractivity contribution in [3.63, 3.8) is 0 Å². The Bertz CT molecular complexity index is 1100. The van der Waals surface area contributed by atoms with Crippen molar-refractivity contribution in [2.45, 2.75) is 19.3 Å². The smallest absolute Gasteiger partial charge is 0.256 e. The van der Waals surface area contributed by atoms with Gasteiger partial charge in [-0.1, -0.05) is 0 Å². The lowest BCUT2D eigenvalue weighted by Gasteiger charge is -2.26. The third-order valence-electron chi connectivity index (χ3n) is 4.59. The molecule has 158 valence electrons. The van der Waals surface area contributed by atoms with E-state index in [2.05, 4.69) is 10.0 Å². The highest BCUT2D eigenvalue weighted by Gasteiger charge is 2.20. The minimum atomic E-state index is -3.55. The van der Waals surface area contributed by atoms with Gasteiger partial charge in [0.2, 0.25) is 21.8 Å². The summed E-state index contributed by atoms with van der Waals surface area (Å²) in [4.78, 5) is 38.2. The zero-order valence-corrected chi connectivity index (χ0v) is 17.2. The molecule has 1 aliphatic rings. The molecule has 0 bridgehead atoms. The zero-order chi connectivity index (χ0) is 21.9. The van der Waals surface area contributed by atoms with Gasteiger partial charge in [-0.2, -0.15) is 0 Å². The summed E-state index contributed by atoms with van der Waals surface area (Å²) < 4.78 is 25.0. The first kappa shape index (κ1) is 21.3. The molecule has 3 rings (SSSR count). The summed E-state index contributed by atoms with van der Waals surface area (Å²) >= 11 is 0. The molecule has 0 spiro atoms. The van der Waals surface area contributed by atoms with E-state index in [1.165, 1.54) is 18.2 Å². The minimum absolute atomic E-state index is 0.0110. The Balaban J connectivity index is 1.78. The topological polar surface area (TPSA) is 139 Å². The summed E-state index contributed by atoms with van der Waals surface area (Å²) in [6.07, 6.45) is 3.34. The second-order valence-electron chi connectivity index (χ2n) is 7.00. The molecule has 1 fully saturated rings. The van der Waals surface area contributed by atoms with Gasteiger partial charge in [0.1, 0.15) is 0 Å². The summed E-state index contributed by atoms with van der Waals surface area (Å²) in [5.74, 6) is -1.36. The molecule has 10 heteroatoms. The zero-order valence-electron chi connectivity index (χ0n) is 16.3. The average Bonchev–Trinajstić information content (AvgIpc) is 2.67. The number of piperidine rings is 1. The number of primary amides is 1. The van der Waals surface area contributed by atoms with Crippen LogP contribution in [0, 0.1) is 0 Å². The predicted octanol–water partition coefficient (Wildman–Crippen LogP) is 1.93. The Kier molecular flexibility index (Phi) is 6.06. The molecule has 3 amide bonds. The van der Waals surface area contributed by atoms with E-state index < -0.39 is 21.8 Å². The molecule has 0 aromatic heterocycles. The summed E-state index contributed by atoms with van der Waals surface area (Å²) in [6.45, 7) is 0.667. The van der Waals surface area contributed by atoms with E-state index >= 15 is 0 Å². The summed E-state index contributed by atoms with van der Waals surface area (Å²) in [5, 5.41) is 2.67. The van der Waals surface area contributed by atoms with E-state index in [0.717, 1.165) is 24.8 Å². The number of carbonyl (C=O) groups excluding carboxylic acids is 3. The highest BCUT2D eigenvalue weighted by Crippen LogP contribution is 2.24. The van der Waals surface area contributed by atoms with Crippen molar-refractivity contribution in [2.24, 2.45) is 5.73 Å². The van der Waals surface area contributed by atoms with Gasteiger partial charge in [0.25, 0.3) is 5.91 Å². The molecule has 0 radical (unpaired) electrons. The fourth-order valence-electron chi connectivity index (χ4n) is 3.23. The van der Waals surface area contributed by atoms with Crippen LogP contribution < -0.4 is 20.7 Å². The lowest BCUT2D eigenvalue weighted by Crippen LogP contribution is -2.35. The maximum atomic E-state index is 12.7. The van der Waals surface area contributed by atoms with Gasteiger partial charge in [-0.25, -0.2) is 8.42 Å². The van der Waals surface area contributed by atoms with Crippen LogP contribution in [0.4, 0.5) is 17.1 Å². The number of nitrogens with two attached hydrogens (primary N) is 1. The predicted molar refractivity (Wildman–Crippen MR) is 114 cm³/mol. The van der Waals surface area contributed by atoms with E-state index in [-0.39, 0.29) is 22.7 Å². The minimum Gasteiger partial charge on any atom is -0.366 e. The first-order valence-electron chi connectivity index (χ1n) is 9.27. The van der Waals surface area contributed by atoms with Crippen LogP contribution in [0.15, 0.2) is 42.5 Å². The second-order valence-corrected chi connectivity index (χ2v) is 8.75. The number of nitrogens with one attached hydrogen (secondary N) is 2. The molecule has 0 atom stereocenters. The standard InChI is InChI=1S/C20H22N4O5S/c1-30(28,29)23-14-7-10-16(17(12-14)19(21)26)20(27)22-13-5-8-15(9-6-13)24-11-3-2-4-18(24)25/h5-10,12,23H,2-4,11H2,1H3,(H2,21,26)(H,22,27). The molecule has 2 aromatic rings. The lowest BCUT2D eigenvalue weighted by molar-refractivity contribution is -0.119. The number of hydrogen-bond acceptors (Lipinski definition) is 5. The fraction of sp³-hybridized carbons (Fsp3) is 0.250. The van der Waals surface area contributed by atoms with Crippen LogP contribution in [0.1, 0.15) is 40.0 Å². The number of hydrogen-bond donors (Lipinski definition) is 3. The van der Waals surface area contributed by atoms with Gasteiger partial charge >= 0.3 is 0 Å². The second kappa shape index (κ2) is 8.54. The molecule has 0 aliphatic carbocycles. The first-order valence-corrected chi connectivity index (χ1v) is 11.2. The molecular weight excluding hydrogens is 408 g/mol. The van der Waals surface area contributed by atoms with Crippen molar-refractivity contribution in [1.82, 2.24) is 0 Å². The molecule has 1 saturated heterocycles. The Morgan fingerprint density at radius 2 is 1.67 bits per heavy atom. The number of carbonyl (C=O) groups is 3. The van der Waals surface area contributed by atoms with E-state index in [9.17, 15) is 22.8 Å². The quantitative estimate of drug-likeness (QED) is 0.643. The third kappa shape index (κ3) is 5.15. The van der Waals surface area contributed by atoms with Gasteiger partial charge < -0.3 is 16.0 Å². The van der Waals surface area contributed by atoms with Crippen LogP contribution in [-0.2, 0) is 14.8 Å². The van der Waals surface area contributed by atoms with Crippen LogP contribution in [0.5, 0.6) is 0 Å². The highest BCUT2D eigenvalue weighted by molar-refractivity contribution is 7.92. The molecule has 0 unspecified atom stereocenters. The maximum absolute atomic E-state index is 12.7. The SMILES string of the molecule is CS(=O)(=O)Nc1ccc(C(=O)Nc2ccc(N3CCCCC3=O)cc2)c(C(N)=O)c1. The van der Waals surface area contributed by atoms with Crippen LogP contribution in [0.2, 0.25) is 0 Å². The van der Waals surface area contributed by atoms with Gasteiger partial charge in [-0.05, 0) is 55.3 Å². The van der Waals surface area contributed by atoms with Crippen molar-refractivity contribution in [3.8, 4) is 0 Å². The van der Waals surface area contributed by atoms with Crippen LogP contribution in [0.3, 0.4) is 0 Å². The Morgan fingerprint density at radius 3 is 2.27 bits per heavy atom. The normalized spacial score (nSPS) is 14.3. The van der Waals surface area contributed by atoms with Crippen LogP contribution in [0.25, 0.3) is 0 Å². The van der Waals surface area contributed by atoms with Gasteiger partial charge in [0, 0.05) is 30.0 Å². The number of benzene rings is 2. The summed E-state index contributed by atoms with van der Waals surface area (Å²) in [7, 11) is -3.55. The number of nitrogens with zero attached hydrogens (tertiary/aromatic N) is 1. The number of sulfonamides is 1. The fourth-order valence-corrected chi connectivity index (χ4v) is 3.78. The Labute approximate surface area is 174 Å². The Morgan fingerprint density at radius 1 is 1.00 bits per heavy atom. The van der Waals surface area contributed by atoms with E-state index in [1.54, 1.807) is 29.2 Å². The molecule has 4 N–H and O–H groups in total. The van der Waals surface area contributed by atoms with E-state index in [0.29, 0.717) is 18.7 Å². The third-order valence-corrected chi connectivity index (χ3v) is 5.20. The van der Waals surface area contributed by atoms with Gasteiger partial charge in [0.15, 0.2) is 0 Å². The Hall–Kier alpha value is -3.40. The van der Waals surface area contributed by atoms with Crippen molar-refractivity contribution in [3.05, 3.63) is 53.6 Å². The molecule has 30 heavy (non-hydrogen) atoms. The van der Waals surface area contributed by atoms with E-state index in [1.807, 2.05) is 0 Å². The summed E-state index contributed by atoms with van der Waals surface area (Å²) in [5.41, 5.74) is 6.61. The van der Waals surface area contributed by atoms with Gasteiger partial charge in [-0.3, -0.25) is 19.1 Å². The largest absolute Gasteiger partial charge is 0.366 e. The lowest BCUT2D eigenvalue weighted by atomic mass is 10.0. The molecule has 1 aliphatic heterocycles. The van der Waals surface area contributed by atoms with Crippen molar-refractivity contribution in [2.75, 3.05) is 27.7 Å². The molecule has 2 aromatic carbocycles. The van der Waals surface area contributed by atoms with Crippen molar-refractivity contribution < 1.29 is 22.8 Å². The number of amides is 3.